The fraction of sp³-hybridized carbons (Fsp3) is 0.176. The third kappa shape index (κ3) is 3.49. The molecule has 0 aliphatic rings. The van der Waals surface area contributed by atoms with Crippen molar-refractivity contribution in [3.63, 3.8) is 0 Å². The monoisotopic (exact) mass is 375 g/mol. The topological polar surface area (TPSA) is 81.1 Å². The van der Waals surface area contributed by atoms with Crippen LogP contribution in [0, 0.1) is 13.8 Å². The molecule has 0 spiro atoms. The van der Waals surface area contributed by atoms with E-state index in [2.05, 4.69) is 9.82 Å². The van der Waals surface area contributed by atoms with E-state index in [4.69, 9.17) is 0 Å². The van der Waals surface area contributed by atoms with Crippen LogP contribution < -0.4 is 10.3 Å². The first-order valence-electron chi connectivity index (χ1n) is 7.50. The molecule has 0 atom stereocenters. The highest BCUT2D eigenvalue weighted by Gasteiger charge is 2.19. The summed E-state index contributed by atoms with van der Waals surface area (Å²) in [5.74, 6) is 0. The molecule has 1 N–H and O–H groups in total. The van der Waals surface area contributed by atoms with E-state index in [1.54, 1.807) is 30.6 Å². The van der Waals surface area contributed by atoms with Crippen LogP contribution in [0.15, 0.2) is 50.8 Å². The Bertz CT molecular complexity index is 1100. The Balaban J connectivity index is 1.94. The number of hydrogen-bond donors (Lipinski definition) is 1. The van der Waals surface area contributed by atoms with Crippen molar-refractivity contribution in [2.24, 2.45) is 7.05 Å². The molecule has 0 bridgehead atoms. The molecule has 8 heteroatoms. The lowest BCUT2D eigenvalue weighted by molar-refractivity contribution is 0.603. The third-order valence-corrected chi connectivity index (χ3v) is 6.75. The lowest BCUT2D eigenvalue weighted by Crippen LogP contribution is -2.18. The van der Waals surface area contributed by atoms with Crippen molar-refractivity contribution in [2.75, 3.05) is 4.72 Å². The van der Waals surface area contributed by atoms with E-state index in [0.29, 0.717) is 16.9 Å². The van der Waals surface area contributed by atoms with Crippen molar-refractivity contribution in [1.82, 2.24) is 9.78 Å². The second kappa shape index (κ2) is 6.45. The molecule has 6 nitrogen and oxygen atoms in total. The van der Waals surface area contributed by atoms with Gasteiger partial charge in [-0.15, -0.1) is 11.3 Å². The number of nitrogens with one attached hydrogen (secondary N) is 1. The van der Waals surface area contributed by atoms with Gasteiger partial charge in [-0.25, -0.2) is 13.1 Å². The molecule has 1 aromatic carbocycles. The van der Waals surface area contributed by atoms with Gasteiger partial charge >= 0.3 is 0 Å². The standard InChI is InChI=1S/C17H17N3O3S2/c1-11-5-4-6-14(12(11)2)19-25(22,23)17-9-13(10-24-17)15-7-8-16(21)20(3)18-15/h4-10,19H,1-3H3. The van der Waals surface area contributed by atoms with Crippen molar-refractivity contribution in [1.29, 1.82) is 0 Å². The summed E-state index contributed by atoms with van der Waals surface area (Å²) in [5.41, 5.74) is 3.45. The van der Waals surface area contributed by atoms with Gasteiger partial charge in [0.25, 0.3) is 15.6 Å². The van der Waals surface area contributed by atoms with E-state index in [1.165, 1.54) is 10.7 Å². The van der Waals surface area contributed by atoms with Crippen molar-refractivity contribution >= 4 is 27.0 Å². The number of nitrogens with zero attached hydrogens (tertiary/aromatic N) is 2. The zero-order chi connectivity index (χ0) is 18.2. The highest BCUT2D eigenvalue weighted by Crippen LogP contribution is 2.29. The minimum Gasteiger partial charge on any atom is -0.279 e. The van der Waals surface area contributed by atoms with Crippen LogP contribution in [0.2, 0.25) is 0 Å². The maximum absolute atomic E-state index is 12.7. The first kappa shape index (κ1) is 17.4. The largest absolute Gasteiger partial charge is 0.279 e. The first-order chi connectivity index (χ1) is 11.8. The van der Waals surface area contributed by atoms with Crippen LogP contribution in [-0.4, -0.2) is 18.2 Å². The SMILES string of the molecule is Cc1cccc(NS(=O)(=O)c2cc(-c3ccc(=O)n(C)n3)cs2)c1C. The van der Waals surface area contributed by atoms with Crippen molar-refractivity contribution < 1.29 is 8.42 Å². The van der Waals surface area contributed by atoms with Gasteiger partial charge in [0.05, 0.1) is 11.4 Å². The van der Waals surface area contributed by atoms with Crippen LogP contribution in [0.5, 0.6) is 0 Å². The number of thiophene rings is 1. The highest BCUT2D eigenvalue weighted by atomic mass is 32.2. The van der Waals surface area contributed by atoms with Crippen LogP contribution in [0.25, 0.3) is 11.3 Å². The number of anilines is 1. The van der Waals surface area contributed by atoms with Crippen LogP contribution in [0.3, 0.4) is 0 Å². The molecule has 2 heterocycles. The van der Waals surface area contributed by atoms with Gasteiger partial charge in [-0.3, -0.25) is 9.52 Å². The minimum absolute atomic E-state index is 0.194. The second-order valence-corrected chi connectivity index (χ2v) is 8.51. The average molecular weight is 375 g/mol. The van der Waals surface area contributed by atoms with E-state index >= 15 is 0 Å². The van der Waals surface area contributed by atoms with Crippen LogP contribution in [-0.2, 0) is 17.1 Å². The van der Waals surface area contributed by atoms with Crippen LogP contribution >= 0.6 is 11.3 Å². The average Bonchev–Trinajstić information content (AvgIpc) is 3.05. The van der Waals surface area contributed by atoms with Crippen molar-refractivity contribution in [3.8, 4) is 11.3 Å². The maximum atomic E-state index is 12.7. The number of benzene rings is 1. The van der Waals surface area contributed by atoms with Crippen molar-refractivity contribution in [3.05, 3.63) is 63.3 Å². The Hall–Kier alpha value is -2.45. The summed E-state index contributed by atoms with van der Waals surface area (Å²) in [4.78, 5) is 11.4. The minimum atomic E-state index is -3.69. The molecular formula is C17H17N3O3S2. The highest BCUT2D eigenvalue weighted by molar-refractivity contribution is 7.94. The van der Waals surface area contributed by atoms with Crippen LogP contribution in [0.4, 0.5) is 5.69 Å². The van der Waals surface area contributed by atoms with E-state index in [9.17, 15) is 13.2 Å². The Kier molecular flexibility index (Phi) is 4.49. The molecule has 0 unspecified atom stereocenters. The third-order valence-electron chi connectivity index (χ3n) is 3.95. The fourth-order valence-electron chi connectivity index (χ4n) is 2.30. The summed E-state index contributed by atoms with van der Waals surface area (Å²) < 4.78 is 29.4. The molecule has 3 rings (SSSR count). The van der Waals surface area contributed by atoms with Crippen molar-refractivity contribution in [2.45, 2.75) is 18.1 Å². The maximum Gasteiger partial charge on any atom is 0.271 e. The Labute approximate surface area is 149 Å². The smallest absolute Gasteiger partial charge is 0.271 e. The lowest BCUT2D eigenvalue weighted by atomic mass is 10.1. The summed E-state index contributed by atoms with van der Waals surface area (Å²) >= 11 is 1.11. The Morgan fingerprint density at radius 2 is 1.92 bits per heavy atom. The Morgan fingerprint density at radius 1 is 1.16 bits per heavy atom. The number of aryl methyl sites for hydroxylation is 2. The van der Waals surface area contributed by atoms with E-state index in [0.717, 1.165) is 22.5 Å². The molecular weight excluding hydrogens is 358 g/mol. The lowest BCUT2D eigenvalue weighted by Gasteiger charge is -2.10. The van der Waals surface area contributed by atoms with Gasteiger partial charge in [0, 0.05) is 24.1 Å². The Morgan fingerprint density at radius 3 is 2.64 bits per heavy atom. The van der Waals surface area contributed by atoms with E-state index in [1.807, 2.05) is 26.0 Å². The molecule has 0 aliphatic carbocycles. The van der Waals surface area contributed by atoms with Crippen LogP contribution in [0.1, 0.15) is 11.1 Å². The first-order valence-corrected chi connectivity index (χ1v) is 9.86. The van der Waals surface area contributed by atoms with Gasteiger partial charge in [0.2, 0.25) is 0 Å². The van der Waals surface area contributed by atoms with E-state index < -0.39 is 10.0 Å². The summed E-state index contributed by atoms with van der Waals surface area (Å²) in [6.07, 6.45) is 0. The molecule has 0 radical (unpaired) electrons. The quantitative estimate of drug-likeness (QED) is 0.760. The normalized spacial score (nSPS) is 11.5. The number of aromatic nitrogens is 2. The second-order valence-electron chi connectivity index (χ2n) is 5.69. The summed E-state index contributed by atoms with van der Waals surface area (Å²) in [6, 6.07) is 10.0. The molecule has 25 heavy (non-hydrogen) atoms. The summed E-state index contributed by atoms with van der Waals surface area (Å²) in [6.45, 7) is 3.81. The number of sulfonamides is 1. The van der Waals surface area contributed by atoms with Gasteiger partial charge < -0.3 is 0 Å². The molecule has 0 saturated heterocycles. The zero-order valence-electron chi connectivity index (χ0n) is 14.0. The summed E-state index contributed by atoms with van der Waals surface area (Å²) in [5, 5.41) is 5.86. The molecule has 0 saturated carbocycles. The van der Waals surface area contributed by atoms with Gasteiger partial charge in [0.1, 0.15) is 4.21 Å². The molecule has 0 amide bonds. The summed E-state index contributed by atoms with van der Waals surface area (Å²) in [7, 11) is -2.13. The predicted octanol–water partition coefficient (Wildman–Crippen LogP) is 2.93. The molecule has 0 aliphatic heterocycles. The number of hydrogen-bond acceptors (Lipinski definition) is 5. The molecule has 130 valence electrons. The molecule has 3 aromatic rings. The van der Waals surface area contributed by atoms with E-state index in [-0.39, 0.29) is 9.77 Å². The zero-order valence-corrected chi connectivity index (χ0v) is 15.6. The number of rotatable bonds is 4. The van der Waals surface area contributed by atoms with Gasteiger partial charge in [-0.2, -0.15) is 5.10 Å². The van der Waals surface area contributed by atoms with Gasteiger partial charge in [-0.05, 0) is 43.2 Å². The molecule has 0 fully saturated rings. The fourth-order valence-corrected chi connectivity index (χ4v) is 4.60. The molecule has 2 aromatic heterocycles. The van der Waals surface area contributed by atoms with Gasteiger partial charge in [-0.1, -0.05) is 12.1 Å². The predicted molar refractivity (Wildman–Crippen MR) is 99.5 cm³/mol. The van der Waals surface area contributed by atoms with Gasteiger partial charge in [0.15, 0.2) is 0 Å².